The first-order valence-electron chi connectivity index (χ1n) is 5.14. The molecule has 0 aliphatic rings. The molecule has 0 aliphatic carbocycles. The maximum Gasteiger partial charge on any atom is 0.270 e. The second kappa shape index (κ2) is 5.01. The molecule has 0 radical (unpaired) electrons. The van der Waals surface area contributed by atoms with Gasteiger partial charge in [0.1, 0.15) is 0 Å². The van der Waals surface area contributed by atoms with Gasteiger partial charge in [-0.05, 0) is 17.7 Å². The molecule has 1 aromatic carbocycles. The average molecular weight is 265 g/mol. The Bertz CT molecular complexity index is 607. The fraction of sp³-hybridized carbons (Fsp3) is 0.0833. The number of aromatic nitrogens is 1. The van der Waals surface area contributed by atoms with Crippen LogP contribution in [0, 0.1) is 10.1 Å². The topological polar surface area (TPSA) is 65.1 Å². The number of aldehydes is 1. The summed E-state index contributed by atoms with van der Waals surface area (Å²) in [7, 11) is 0. The number of hydrogen-bond donors (Lipinski definition) is 0. The third-order valence-corrected chi connectivity index (χ3v) is 2.86. The lowest BCUT2D eigenvalue weighted by molar-refractivity contribution is -0.384. The van der Waals surface area contributed by atoms with Gasteiger partial charge in [-0.2, -0.15) is 0 Å². The smallest absolute Gasteiger partial charge is 0.270 e. The normalized spacial score (nSPS) is 10.3. The number of rotatable bonds is 4. The molecule has 1 aromatic heterocycles. The van der Waals surface area contributed by atoms with E-state index in [1.807, 2.05) is 0 Å². The van der Waals surface area contributed by atoms with Crippen molar-refractivity contribution in [2.45, 2.75) is 6.54 Å². The van der Waals surface area contributed by atoms with Gasteiger partial charge in [-0.15, -0.1) is 0 Å². The first-order chi connectivity index (χ1) is 8.60. The molecule has 0 amide bonds. The van der Waals surface area contributed by atoms with Crippen LogP contribution in [0.3, 0.4) is 0 Å². The van der Waals surface area contributed by atoms with Crippen molar-refractivity contribution >= 4 is 23.6 Å². The van der Waals surface area contributed by atoms with Gasteiger partial charge in [0.15, 0.2) is 6.29 Å². The molecule has 0 bridgehead atoms. The molecular formula is C12H9ClN2O3. The highest BCUT2D eigenvalue weighted by Crippen LogP contribution is 2.23. The largest absolute Gasteiger partial charge is 0.349 e. The molecule has 0 N–H and O–H groups in total. The minimum atomic E-state index is -0.490. The number of benzene rings is 1. The summed E-state index contributed by atoms with van der Waals surface area (Å²) in [5.74, 6) is 0. The van der Waals surface area contributed by atoms with E-state index in [4.69, 9.17) is 11.6 Å². The van der Waals surface area contributed by atoms with Crippen LogP contribution in [0.15, 0.2) is 36.7 Å². The van der Waals surface area contributed by atoms with E-state index in [0.717, 1.165) is 11.8 Å². The zero-order valence-corrected chi connectivity index (χ0v) is 10.0. The van der Waals surface area contributed by atoms with Gasteiger partial charge in [-0.25, -0.2) is 0 Å². The van der Waals surface area contributed by atoms with Crippen molar-refractivity contribution in [1.29, 1.82) is 0 Å². The van der Waals surface area contributed by atoms with Gasteiger partial charge in [0, 0.05) is 36.6 Å². The number of non-ortho nitro benzene ring substituents is 1. The lowest BCUT2D eigenvalue weighted by Gasteiger charge is -2.05. The summed E-state index contributed by atoms with van der Waals surface area (Å²) in [4.78, 5) is 20.6. The third-order valence-electron chi connectivity index (χ3n) is 2.51. The number of nitrogens with zero attached hydrogens (tertiary/aromatic N) is 2. The standard InChI is InChI=1S/C12H9ClN2O3/c13-12-5-11(15(17)18)2-1-10(12)7-14-4-3-9(6-14)8-16/h1-6,8H,7H2. The zero-order chi connectivity index (χ0) is 13.1. The van der Waals surface area contributed by atoms with Gasteiger partial charge in [0.05, 0.1) is 9.95 Å². The number of halogens is 1. The van der Waals surface area contributed by atoms with Crippen molar-refractivity contribution in [3.8, 4) is 0 Å². The van der Waals surface area contributed by atoms with E-state index in [-0.39, 0.29) is 5.69 Å². The second-order valence-electron chi connectivity index (χ2n) is 3.77. The zero-order valence-electron chi connectivity index (χ0n) is 9.25. The first-order valence-corrected chi connectivity index (χ1v) is 5.51. The maximum absolute atomic E-state index is 10.6. The van der Waals surface area contributed by atoms with Crippen LogP contribution >= 0.6 is 11.6 Å². The molecule has 92 valence electrons. The number of nitro groups is 1. The van der Waals surface area contributed by atoms with Gasteiger partial charge in [0.25, 0.3) is 5.69 Å². The highest BCUT2D eigenvalue weighted by molar-refractivity contribution is 6.31. The van der Waals surface area contributed by atoms with Crippen LogP contribution in [0.4, 0.5) is 5.69 Å². The van der Waals surface area contributed by atoms with Crippen LogP contribution in [0.5, 0.6) is 0 Å². The molecule has 0 aliphatic heterocycles. The molecule has 0 saturated heterocycles. The molecule has 2 aromatic rings. The van der Waals surface area contributed by atoms with Crippen molar-refractivity contribution in [1.82, 2.24) is 4.57 Å². The number of carbonyl (C=O) groups excluding carboxylic acids is 1. The second-order valence-corrected chi connectivity index (χ2v) is 4.18. The fourth-order valence-electron chi connectivity index (χ4n) is 1.60. The van der Waals surface area contributed by atoms with Crippen LogP contribution in [0.25, 0.3) is 0 Å². The fourth-order valence-corrected chi connectivity index (χ4v) is 1.84. The van der Waals surface area contributed by atoms with Gasteiger partial charge in [0.2, 0.25) is 0 Å². The van der Waals surface area contributed by atoms with Crippen molar-refractivity contribution < 1.29 is 9.72 Å². The van der Waals surface area contributed by atoms with Crippen LogP contribution in [0.1, 0.15) is 15.9 Å². The Labute approximate surface area is 108 Å². The minimum Gasteiger partial charge on any atom is -0.349 e. The van der Waals surface area contributed by atoms with Gasteiger partial charge < -0.3 is 4.57 Å². The highest BCUT2D eigenvalue weighted by atomic mass is 35.5. The van der Waals surface area contributed by atoms with Crippen molar-refractivity contribution in [3.63, 3.8) is 0 Å². The number of hydrogen-bond acceptors (Lipinski definition) is 3. The number of carbonyl (C=O) groups is 1. The Balaban J connectivity index is 2.24. The van der Waals surface area contributed by atoms with E-state index in [1.165, 1.54) is 12.1 Å². The Hall–Kier alpha value is -2.14. The van der Waals surface area contributed by atoms with Crippen molar-refractivity contribution in [2.24, 2.45) is 0 Å². The molecule has 1 heterocycles. The molecule has 0 spiro atoms. The molecule has 0 saturated carbocycles. The van der Waals surface area contributed by atoms with E-state index in [1.54, 1.807) is 29.1 Å². The summed E-state index contributed by atoms with van der Waals surface area (Å²) in [6.07, 6.45) is 4.19. The van der Waals surface area contributed by atoms with Gasteiger partial charge in [-0.1, -0.05) is 11.6 Å². The summed E-state index contributed by atoms with van der Waals surface area (Å²) < 4.78 is 1.79. The van der Waals surface area contributed by atoms with Crippen molar-refractivity contribution in [2.75, 3.05) is 0 Å². The molecule has 0 atom stereocenters. The summed E-state index contributed by atoms with van der Waals surface area (Å²) in [5, 5.41) is 10.9. The Morgan fingerprint density at radius 3 is 2.72 bits per heavy atom. The summed E-state index contributed by atoms with van der Waals surface area (Å²) in [6.45, 7) is 0.463. The highest BCUT2D eigenvalue weighted by Gasteiger charge is 2.09. The quantitative estimate of drug-likeness (QED) is 0.484. The van der Waals surface area contributed by atoms with E-state index in [9.17, 15) is 14.9 Å². The van der Waals surface area contributed by atoms with Gasteiger partial charge >= 0.3 is 0 Å². The SMILES string of the molecule is O=Cc1ccn(Cc2ccc([N+](=O)[O-])cc2Cl)c1. The minimum absolute atomic E-state index is 0.0372. The van der Waals surface area contributed by atoms with Crippen LogP contribution in [0.2, 0.25) is 5.02 Å². The first kappa shape index (κ1) is 12.3. The van der Waals surface area contributed by atoms with Crippen molar-refractivity contribution in [3.05, 3.63) is 62.9 Å². The lowest BCUT2D eigenvalue weighted by Crippen LogP contribution is -1.98. The summed E-state index contributed by atoms with van der Waals surface area (Å²) in [5.41, 5.74) is 1.30. The van der Waals surface area contributed by atoms with Gasteiger partial charge in [-0.3, -0.25) is 14.9 Å². The summed E-state index contributed by atoms with van der Waals surface area (Å²) >= 11 is 5.98. The van der Waals surface area contributed by atoms with E-state index in [2.05, 4.69) is 0 Å². The van der Waals surface area contributed by atoms with E-state index >= 15 is 0 Å². The molecule has 18 heavy (non-hydrogen) atoms. The maximum atomic E-state index is 10.6. The molecule has 2 rings (SSSR count). The molecule has 0 fully saturated rings. The van der Waals surface area contributed by atoms with Crippen LogP contribution in [-0.4, -0.2) is 15.8 Å². The Kier molecular flexibility index (Phi) is 3.43. The third kappa shape index (κ3) is 2.57. The van der Waals surface area contributed by atoms with E-state index in [0.29, 0.717) is 17.1 Å². The van der Waals surface area contributed by atoms with E-state index < -0.39 is 4.92 Å². The monoisotopic (exact) mass is 264 g/mol. The van der Waals surface area contributed by atoms with Crippen LogP contribution in [-0.2, 0) is 6.54 Å². The number of nitro benzene ring substituents is 1. The predicted molar refractivity (Wildman–Crippen MR) is 67.0 cm³/mol. The Morgan fingerprint density at radius 2 is 2.17 bits per heavy atom. The molecule has 5 nitrogen and oxygen atoms in total. The summed E-state index contributed by atoms with van der Waals surface area (Å²) in [6, 6.07) is 6.03. The molecular weight excluding hydrogens is 256 g/mol. The predicted octanol–water partition coefficient (Wildman–Crippen LogP) is 2.91. The molecule has 0 unspecified atom stereocenters. The molecule has 6 heteroatoms. The lowest BCUT2D eigenvalue weighted by atomic mass is 10.2. The average Bonchev–Trinajstić information content (AvgIpc) is 2.79. The van der Waals surface area contributed by atoms with Crippen LogP contribution < -0.4 is 0 Å². The Morgan fingerprint density at radius 1 is 1.39 bits per heavy atom.